The van der Waals surface area contributed by atoms with Crippen molar-refractivity contribution in [3.05, 3.63) is 40.9 Å². The highest BCUT2D eigenvalue weighted by Gasteiger charge is 1.95. The third-order valence-electron chi connectivity index (χ3n) is 1.96. The van der Waals surface area contributed by atoms with E-state index in [9.17, 15) is 0 Å². The van der Waals surface area contributed by atoms with Crippen LogP contribution < -0.4 is 0 Å². The van der Waals surface area contributed by atoms with Gasteiger partial charge in [0.2, 0.25) is 0 Å². The van der Waals surface area contributed by atoms with Gasteiger partial charge in [0.05, 0.1) is 10.8 Å². The first-order valence-corrected chi connectivity index (χ1v) is 5.27. The Morgan fingerprint density at radius 3 is 2.57 bits per heavy atom. The number of fused-ring (bicyclic) bond motifs is 1. The van der Waals surface area contributed by atoms with E-state index >= 15 is 0 Å². The fourth-order valence-electron chi connectivity index (χ4n) is 1.33. The van der Waals surface area contributed by atoms with Crippen LogP contribution in [0.5, 0.6) is 0 Å². The van der Waals surface area contributed by atoms with E-state index in [1.807, 2.05) is 30.3 Å². The molecule has 14 heavy (non-hydrogen) atoms. The van der Waals surface area contributed by atoms with Crippen molar-refractivity contribution in [3.63, 3.8) is 0 Å². The average molecular weight is 264 g/mol. The predicted octanol–water partition coefficient (Wildman–Crippen LogP) is 4.34. The van der Waals surface area contributed by atoms with Gasteiger partial charge in [-0.1, -0.05) is 28.1 Å². The molecule has 1 nitrogen and oxygen atoms in total. The molecule has 3 heteroatoms. The Bertz CT molecular complexity index is 530. The van der Waals surface area contributed by atoms with Crippen molar-refractivity contribution < 1.29 is 0 Å². The fraction of sp³-hybridized carbons (Fsp3) is 0. The smallest absolute Gasteiger partial charge is 0.0745 e. The van der Waals surface area contributed by atoms with Crippen LogP contribution in [0.25, 0.3) is 10.8 Å². The van der Waals surface area contributed by atoms with Gasteiger partial charge in [0.15, 0.2) is 0 Å². The van der Waals surface area contributed by atoms with Crippen LogP contribution in [0.4, 0.5) is 5.69 Å². The van der Waals surface area contributed by atoms with E-state index in [4.69, 9.17) is 0 Å². The highest BCUT2D eigenvalue weighted by molar-refractivity contribution is 9.10. The standard InChI is InChI=1S/C11H6BrNS/c12-10-3-1-9-6-11(13-7-14)4-2-8(9)5-10/h1-6H. The van der Waals surface area contributed by atoms with Gasteiger partial charge in [0, 0.05) is 4.47 Å². The Balaban J connectivity index is 2.67. The maximum absolute atomic E-state index is 4.55. The van der Waals surface area contributed by atoms with E-state index in [0.717, 1.165) is 15.5 Å². The van der Waals surface area contributed by atoms with E-state index < -0.39 is 0 Å². The van der Waals surface area contributed by atoms with E-state index in [1.165, 1.54) is 5.39 Å². The number of halogens is 1. The van der Waals surface area contributed by atoms with Gasteiger partial charge >= 0.3 is 0 Å². The Hall–Kier alpha value is -1.02. The third kappa shape index (κ3) is 1.90. The van der Waals surface area contributed by atoms with Gasteiger partial charge in [-0.3, -0.25) is 0 Å². The zero-order chi connectivity index (χ0) is 9.97. The molecule has 0 aliphatic rings. The molecule has 2 aromatic carbocycles. The first kappa shape index (κ1) is 9.53. The summed E-state index contributed by atoms with van der Waals surface area (Å²) in [6, 6.07) is 12.1. The van der Waals surface area contributed by atoms with Gasteiger partial charge in [0.1, 0.15) is 0 Å². The number of aliphatic imine (C=N–C) groups is 1. The number of isothiocyanates is 1. The van der Waals surface area contributed by atoms with Crippen LogP contribution in [-0.2, 0) is 0 Å². The molecule has 0 spiro atoms. The molecule has 0 radical (unpaired) electrons. The molecule has 0 saturated heterocycles. The first-order chi connectivity index (χ1) is 6.79. The minimum Gasteiger partial charge on any atom is -0.195 e. The van der Waals surface area contributed by atoms with Gasteiger partial charge in [-0.15, -0.1) is 0 Å². The second kappa shape index (κ2) is 4.01. The molecular formula is C11H6BrNS. The van der Waals surface area contributed by atoms with Crippen LogP contribution in [0.2, 0.25) is 0 Å². The van der Waals surface area contributed by atoms with Crippen LogP contribution in [0.15, 0.2) is 45.9 Å². The molecule has 0 saturated carbocycles. The summed E-state index contributed by atoms with van der Waals surface area (Å²) in [4.78, 5) is 3.93. The number of hydrogen-bond donors (Lipinski definition) is 0. The topological polar surface area (TPSA) is 12.4 Å². The summed E-state index contributed by atoms with van der Waals surface area (Å²) in [5, 5.41) is 4.69. The van der Waals surface area contributed by atoms with E-state index in [-0.39, 0.29) is 0 Å². The highest BCUT2D eigenvalue weighted by Crippen LogP contribution is 2.23. The Labute approximate surface area is 95.6 Å². The molecule has 2 rings (SSSR count). The predicted molar refractivity (Wildman–Crippen MR) is 66.3 cm³/mol. The molecule has 0 aromatic heterocycles. The lowest BCUT2D eigenvalue weighted by Crippen LogP contribution is -1.72. The molecular weight excluding hydrogens is 258 g/mol. The number of thiocarbonyl (C=S) groups is 1. The van der Waals surface area contributed by atoms with Crippen LogP contribution in [-0.4, -0.2) is 5.16 Å². The van der Waals surface area contributed by atoms with Crippen LogP contribution >= 0.6 is 28.1 Å². The van der Waals surface area contributed by atoms with Crippen LogP contribution in [0.1, 0.15) is 0 Å². The highest BCUT2D eigenvalue weighted by atomic mass is 79.9. The van der Waals surface area contributed by atoms with Crippen molar-refractivity contribution in [3.8, 4) is 0 Å². The zero-order valence-corrected chi connectivity index (χ0v) is 9.60. The molecule has 0 atom stereocenters. The number of benzene rings is 2. The summed E-state index contributed by atoms with van der Waals surface area (Å²) in [6.45, 7) is 0. The Morgan fingerprint density at radius 2 is 1.79 bits per heavy atom. The van der Waals surface area contributed by atoms with E-state index in [2.05, 4.69) is 44.4 Å². The monoisotopic (exact) mass is 263 g/mol. The largest absolute Gasteiger partial charge is 0.195 e. The Kier molecular flexibility index (Phi) is 2.73. The van der Waals surface area contributed by atoms with E-state index in [1.54, 1.807) is 0 Å². The molecule has 0 fully saturated rings. The molecule has 68 valence electrons. The van der Waals surface area contributed by atoms with Gasteiger partial charge in [0.25, 0.3) is 0 Å². The molecule has 0 unspecified atom stereocenters. The van der Waals surface area contributed by atoms with Crippen molar-refractivity contribution in [1.82, 2.24) is 0 Å². The zero-order valence-electron chi connectivity index (χ0n) is 7.20. The maximum atomic E-state index is 4.55. The van der Waals surface area contributed by atoms with Gasteiger partial charge in [-0.25, -0.2) is 0 Å². The summed E-state index contributed by atoms with van der Waals surface area (Å²) in [5.41, 5.74) is 0.842. The average Bonchev–Trinajstić information content (AvgIpc) is 2.19. The molecule has 0 N–H and O–H groups in total. The summed E-state index contributed by atoms with van der Waals surface area (Å²) < 4.78 is 1.08. The second-order valence-electron chi connectivity index (χ2n) is 2.88. The van der Waals surface area contributed by atoms with Gasteiger partial charge in [-0.2, -0.15) is 4.99 Å². The van der Waals surface area contributed by atoms with Crippen molar-refractivity contribution in [2.24, 2.45) is 4.99 Å². The lowest BCUT2D eigenvalue weighted by molar-refractivity contribution is 1.58. The van der Waals surface area contributed by atoms with Gasteiger partial charge < -0.3 is 0 Å². The number of nitrogens with zero attached hydrogens (tertiary/aromatic N) is 1. The fourth-order valence-corrected chi connectivity index (χ4v) is 1.81. The minimum atomic E-state index is 0.842. The molecule has 0 aliphatic heterocycles. The van der Waals surface area contributed by atoms with Crippen LogP contribution in [0.3, 0.4) is 0 Å². The molecule has 0 heterocycles. The van der Waals surface area contributed by atoms with Crippen molar-refractivity contribution in [2.45, 2.75) is 0 Å². The lowest BCUT2D eigenvalue weighted by Gasteiger charge is -1.98. The summed E-state index contributed by atoms with van der Waals surface area (Å²) in [7, 11) is 0. The summed E-state index contributed by atoms with van der Waals surface area (Å²) in [5.74, 6) is 0. The van der Waals surface area contributed by atoms with Gasteiger partial charge in [-0.05, 0) is 47.3 Å². The number of rotatable bonds is 1. The molecule has 0 aliphatic carbocycles. The lowest BCUT2D eigenvalue weighted by atomic mass is 10.1. The maximum Gasteiger partial charge on any atom is 0.0745 e. The minimum absolute atomic E-state index is 0.842. The quantitative estimate of drug-likeness (QED) is 0.551. The van der Waals surface area contributed by atoms with Crippen molar-refractivity contribution in [1.29, 1.82) is 0 Å². The number of hydrogen-bond acceptors (Lipinski definition) is 2. The Morgan fingerprint density at radius 1 is 1.07 bits per heavy atom. The van der Waals surface area contributed by atoms with Crippen molar-refractivity contribution in [2.75, 3.05) is 0 Å². The first-order valence-electron chi connectivity index (χ1n) is 4.07. The van der Waals surface area contributed by atoms with Crippen molar-refractivity contribution >= 4 is 49.8 Å². The molecule has 0 amide bonds. The summed E-state index contributed by atoms with van der Waals surface area (Å²) >= 11 is 7.98. The third-order valence-corrected chi connectivity index (χ3v) is 2.55. The van der Waals surface area contributed by atoms with Crippen LogP contribution in [0, 0.1) is 0 Å². The molecule has 2 aromatic rings. The normalized spacial score (nSPS) is 9.79. The summed E-state index contributed by atoms with van der Waals surface area (Å²) in [6.07, 6.45) is 0. The SMILES string of the molecule is S=C=Nc1ccc2cc(Br)ccc2c1. The second-order valence-corrected chi connectivity index (χ2v) is 3.98. The molecule has 0 bridgehead atoms. The van der Waals surface area contributed by atoms with E-state index in [0.29, 0.717) is 0 Å².